The van der Waals surface area contributed by atoms with E-state index in [9.17, 15) is 0 Å². The van der Waals surface area contributed by atoms with Gasteiger partial charge in [0.15, 0.2) is 0 Å². The van der Waals surface area contributed by atoms with E-state index in [1.54, 1.807) is 0 Å². The third-order valence-electron chi connectivity index (χ3n) is 10.7. The summed E-state index contributed by atoms with van der Waals surface area (Å²) in [6.07, 6.45) is 0. The average Bonchev–Trinajstić information content (AvgIpc) is 3.66. The van der Waals surface area contributed by atoms with Gasteiger partial charge in [-0.25, -0.2) is 0 Å². The molecule has 0 N–H and O–H groups in total. The summed E-state index contributed by atoms with van der Waals surface area (Å²) in [5, 5.41) is 2.55. The van der Waals surface area contributed by atoms with Crippen molar-refractivity contribution >= 4 is 48.6 Å². The van der Waals surface area contributed by atoms with Crippen LogP contribution in [0.25, 0.3) is 75.8 Å². The summed E-state index contributed by atoms with van der Waals surface area (Å²) in [5.41, 5.74) is 15.2. The highest BCUT2D eigenvalue weighted by atomic mass is 32.1. The molecule has 0 radical (unpaired) electrons. The molecule has 0 amide bonds. The molecule has 0 bridgehead atoms. The van der Waals surface area contributed by atoms with Gasteiger partial charge in [-0.3, -0.25) is 0 Å². The Balaban J connectivity index is 1.26. The molecule has 1 heterocycles. The molecule has 10 aromatic rings. The molecule has 0 unspecified atom stereocenters. The van der Waals surface area contributed by atoms with Gasteiger partial charge in [0.2, 0.25) is 0 Å². The van der Waals surface area contributed by atoms with Crippen LogP contribution in [0.1, 0.15) is 0 Å². The maximum atomic E-state index is 2.50. The number of anilines is 3. The number of para-hydroxylation sites is 1. The zero-order chi connectivity index (χ0) is 37.3. The number of hydrogen-bond donors (Lipinski definition) is 0. The molecule has 0 aliphatic carbocycles. The fourth-order valence-electron chi connectivity index (χ4n) is 8.09. The normalized spacial score (nSPS) is 11.2. The first kappa shape index (κ1) is 33.6. The lowest BCUT2D eigenvalue weighted by Gasteiger charge is -2.31. The van der Waals surface area contributed by atoms with E-state index < -0.39 is 0 Å². The number of thiophene rings is 1. The Hall–Kier alpha value is -7.00. The van der Waals surface area contributed by atoms with Crippen LogP contribution in [-0.4, -0.2) is 0 Å². The third-order valence-corrected chi connectivity index (χ3v) is 11.9. The van der Waals surface area contributed by atoms with Gasteiger partial charge in [-0.05, 0) is 80.9 Å². The fourth-order valence-corrected chi connectivity index (χ4v) is 9.17. The van der Waals surface area contributed by atoms with Crippen LogP contribution in [0.4, 0.5) is 17.1 Å². The Bertz CT molecular complexity index is 2950. The van der Waals surface area contributed by atoms with E-state index in [1.807, 2.05) is 11.3 Å². The topological polar surface area (TPSA) is 3.24 Å². The van der Waals surface area contributed by atoms with Gasteiger partial charge in [0.25, 0.3) is 0 Å². The van der Waals surface area contributed by atoms with E-state index in [4.69, 9.17) is 0 Å². The molecule has 0 aliphatic heterocycles. The van der Waals surface area contributed by atoms with Crippen molar-refractivity contribution in [3.63, 3.8) is 0 Å². The molecule has 10 rings (SSSR count). The molecule has 0 aliphatic rings. The largest absolute Gasteiger partial charge is 0.309 e. The number of nitrogens with zero attached hydrogens (tertiary/aromatic N) is 1. The maximum absolute atomic E-state index is 2.50. The Morgan fingerprint density at radius 3 is 1.50 bits per heavy atom. The van der Waals surface area contributed by atoms with E-state index in [0.29, 0.717) is 0 Å². The van der Waals surface area contributed by atoms with Crippen LogP contribution in [0, 0.1) is 0 Å². The fraction of sp³-hybridized carbons (Fsp3) is 0. The number of hydrogen-bond acceptors (Lipinski definition) is 2. The molecule has 56 heavy (non-hydrogen) atoms. The molecule has 2 heteroatoms. The molecule has 1 nitrogen and oxygen atoms in total. The molecule has 1 aromatic heterocycles. The Kier molecular flexibility index (Phi) is 8.79. The summed E-state index contributed by atoms with van der Waals surface area (Å²) in [6, 6.07) is 81.5. The Morgan fingerprint density at radius 2 is 0.768 bits per heavy atom. The van der Waals surface area contributed by atoms with Gasteiger partial charge in [-0.1, -0.05) is 188 Å². The lowest BCUT2D eigenvalue weighted by Crippen LogP contribution is -2.13. The molecule has 264 valence electrons. The van der Waals surface area contributed by atoms with Crippen LogP contribution in [0.5, 0.6) is 0 Å². The van der Waals surface area contributed by atoms with Crippen molar-refractivity contribution in [3.8, 4) is 55.6 Å². The second-order valence-electron chi connectivity index (χ2n) is 14.1. The predicted octanol–water partition coefficient (Wildman–Crippen LogP) is 15.9. The van der Waals surface area contributed by atoms with Gasteiger partial charge in [0.1, 0.15) is 0 Å². The third kappa shape index (κ3) is 6.17. The van der Waals surface area contributed by atoms with E-state index in [1.165, 1.54) is 64.7 Å². The van der Waals surface area contributed by atoms with Crippen molar-refractivity contribution in [2.24, 2.45) is 0 Å². The minimum absolute atomic E-state index is 1.11. The van der Waals surface area contributed by atoms with Crippen molar-refractivity contribution in [2.45, 2.75) is 0 Å². The summed E-state index contributed by atoms with van der Waals surface area (Å²) in [7, 11) is 0. The molecule has 0 saturated heterocycles. The van der Waals surface area contributed by atoms with Gasteiger partial charge >= 0.3 is 0 Å². The first-order valence-corrected chi connectivity index (χ1v) is 19.9. The van der Waals surface area contributed by atoms with Crippen LogP contribution in [0.15, 0.2) is 224 Å². The average molecular weight is 732 g/mol. The molecular formula is C54H37NS. The van der Waals surface area contributed by atoms with E-state index in [-0.39, 0.29) is 0 Å². The van der Waals surface area contributed by atoms with Crippen molar-refractivity contribution in [1.82, 2.24) is 0 Å². The lowest BCUT2D eigenvalue weighted by atomic mass is 9.87. The van der Waals surface area contributed by atoms with Crippen molar-refractivity contribution in [2.75, 3.05) is 4.90 Å². The summed E-state index contributed by atoms with van der Waals surface area (Å²) in [5.74, 6) is 0. The van der Waals surface area contributed by atoms with Crippen LogP contribution < -0.4 is 4.90 Å². The molecule has 0 spiro atoms. The zero-order valence-corrected chi connectivity index (χ0v) is 31.5. The molecular weight excluding hydrogens is 695 g/mol. The number of rotatable bonds is 8. The lowest BCUT2D eigenvalue weighted by molar-refractivity contribution is 1.29. The van der Waals surface area contributed by atoms with Gasteiger partial charge in [0.05, 0.1) is 11.4 Å². The first-order valence-electron chi connectivity index (χ1n) is 19.1. The van der Waals surface area contributed by atoms with Gasteiger partial charge < -0.3 is 4.90 Å². The van der Waals surface area contributed by atoms with Crippen LogP contribution in [-0.2, 0) is 0 Å². The Morgan fingerprint density at radius 1 is 0.286 bits per heavy atom. The molecule has 0 saturated carbocycles. The van der Waals surface area contributed by atoms with Gasteiger partial charge in [0, 0.05) is 37.0 Å². The predicted molar refractivity (Wildman–Crippen MR) is 241 cm³/mol. The summed E-state index contributed by atoms with van der Waals surface area (Å²) in [6.45, 7) is 0. The summed E-state index contributed by atoms with van der Waals surface area (Å²) >= 11 is 1.85. The highest BCUT2D eigenvalue weighted by Gasteiger charge is 2.25. The van der Waals surface area contributed by atoms with Gasteiger partial charge in [-0.15, -0.1) is 11.3 Å². The standard InChI is InChI=1S/C54H37NS/c1-4-17-38(18-5-1)39-31-33-42(34-32-39)45-24-12-14-28-50(45)55(43-35-36-53-49(37-43)47-25-13-15-30-52(47)56-53)51-29-16-27-46(41-21-8-3-9-22-41)54(51)48-26-11-10-23-44(48)40-19-6-2-7-20-40/h1-37H. The first-order chi connectivity index (χ1) is 27.8. The van der Waals surface area contributed by atoms with Crippen molar-refractivity contribution < 1.29 is 0 Å². The zero-order valence-electron chi connectivity index (χ0n) is 30.7. The SMILES string of the molecule is c1ccc(-c2ccc(-c3ccccc3N(c3ccc4sc5ccccc5c4c3)c3cccc(-c4ccccc4)c3-c3ccccc3-c3ccccc3)cc2)cc1. The van der Waals surface area contributed by atoms with Crippen LogP contribution >= 0.6 is 11.3 Å². The molecule has 0 atom stereocenters. The smallest absolute Gasteiger partial charge is 0.0546 e. The molecule has 0 fully saturated rings. The quantitative estimate of drug-likeness (QED) is 0.150. The highest BCUT2D eigenvalue weighted by Crippen LogP contribution is 2.50. The second kappa shape index (κ2) is 14.7. The minimum Gasteiger partial charge on any atom is -0.309 e. The highest BCUT2D eigenvalue weighted by molar-refractivity contribution is 7.25. The van der Waals surface area contributed by atoms with E-state index in [2.05, 4.69) is 229 Å². The number of fused-ring (bicyclic) bond motifs is 3. The maximum Gasteiger partial charge on any atom is 0.0546 e. The van der Waals surface area contributed by atoms with Gasteiger partial charge in [-0.2, -0.15) is 0 Å². The van der Waals surface area contributed by atoms with Crippen LogP contribution in [0.3, 0.4) is 0 Å². The van der Waals surface area contributed by atoms with Crippen molar-refractivity contribution in [1.29, 1.82) is 0 Å². The molecule has 9 aromatic carbocycles. The summed E-state index contributed by atoms with van der Waals surface area (Å²) < 4.78 is 2.58. The van der Waals surface area contributed by atoms with Crippen molar-refractivity contribution in [3.05, 3.63) is 224 Å². The summed E-state index contributed by atoms with van der Waals surface area (Å²) in [4.78, 5) is 2.50. The van der Waals surface area contributed by atoms with E-state index in [0.717, 1.165) is 28.2 Å². The second-order valence-corrected chi connectivity index (χ2v) is 15.1. The van der Waals surface area contributed by atoms with Crippen LogP contribution in [0.2, 0.25) is 0 Å². The number of benzene rings is 9. The van der Waals surface area contributed by atoms with E-state index >= 15 is 0 Å². The minimum atomic E-state index is 1.11. The Labute approximate surface area is 332 Å². The monoisotopic (exact) mass is 731 g/mol.